The molecule has 2 amide bonds. The van der Waals surface area contributed by atoms with Gasteiger partial charge in [0.05, 0.1) is 10.6 Å². The van der Waals surface area contributed by atoms with Crippen LogP contribution in [0.1, 0.15) is 41.7 Å². The fraction of sp³-hybridized carbons (Fsp3) is 0.278. The zero-order valence-electron chi connectivity index (χ0n) is 26.3. The normalized spacial score (nSPS) is 12.1. The maximum Gasteiger partial charge on any atom is 0.264 e. The van der Waals surface area contributed by atoms with Crippen LogP contribution in [0.4, 0.5) is 5.69 Å². The molecule has 1 atom stereocenters. The molecule has 0 bridgehead atoms. The zero-order chi connectivity index (χ0) is 32.7. The number of carbonyl (C=O) groups excluding carboxylic acids is 2. The van der Waals surface area contributed by atoms with E-state index in [1.54, 1.807) is 54.6 Å². The van der Waals surface area contributed by atoms with E-state index >= 15 is 0 Å². The molecular weight excluding hydrogens is 606 g/mol. The number of anilines is 1. The number of carbonyl (C=O) groups is 2. The van der Waals surface area contributed by atoms with E-state index in [2.05, 4.69) is 5.32 Å². The fourth-order valence-corrected chi connectivity index (χ4v) is 6.76. The lowest BCUT2D eigenvalue weighted by atomic mass is 10.0. The Morgan fingerprint density at radius 2 is 1.42 bits per heavy atom. The molecule has 45 heavy (non-hydrogen) atoms. The van der Waals surface area contributed by atoms with Gasteiger partial charge in [-0.15, -0.1) is 0 Å². The van der Waals surface area contributed by atoms with Crippen LogP contribution in [0.5, 0.6) is 0 Å². The van der Waals surface area contributed by atoms with Gasteiger partial charge in [-0.25, -0.2) is 8.42 Å². The van der Waals surface area contributed by atoms with E-state index in [-0.39, 0.29) is 29.8 Å². The van der Waals surface area contributed by atoms with Crippen LogP contribution in [0.25, 0.3) is 0 Å². The average molecular weight is 646 g/mol. The summed E-state index contributed by atoms with van der Waals surface area (Å²) in [5.74, 6) is -0.837. The standard InChI is InChI=1S/C36H40ClN3O4S/c1-25(2)38-36(42)34(22-29-9-7-6-8-10-29)39(23-30-14-16-31(37)17-15-30)35(41)24-40(33-20-13-27(4)21-28(33)5)45(43,44)32-18-11-26(3)12-19-32/h6-21,25,34H,22-24H2,1-5H3,(H,38,42)/t34-/m1/s1. The van der Waals surface area contributed by atoms with Crippen LogP contribution in [-0.4, -0.2) is 43.8 Å². The molecule has 0 aliphatic carbocycles. The van der Waals surface area contributed by atoms with Crippen molar-refractivity contribution < 1.29 is 18.0 Å². The van der Waals surface area contributed by atoms with E-state index in [4.69, 9.17) is 11.6 Å². The van der Waals surface area contributed by atoms with Crippen molar-refractivity contribution in [3.05, 3.63) is 130 Å². The number of nitrogens with one attached hydrogen (secondary N) is 1. The predicted octanol–water partition coefficient (Wildman–Crippen LogP) is 6.63. The van der Waals surface area contributed by atoms with Crippen molar-refractivity contribution in [2.45, 2.75) is 64.6 Å². The van der Waals surface area contributed by atoms with Crippen molar-refractivity contribution in [1.29, 1.82) is 0 Å². The summed E-state index contributed by atoms with van der Waals surface area (Å²) >= 11 is 6.15. The van der Waals surface area contributed by atoms with E-state index in [1.165, 1.54) is 4.90 Å². The highest BCUT2D eigenvalue weighted by Gasteiger charge is 2.35. The van der Waals surface area contributed by atoms with Gasteiger partial charge in [-0.2, -0.15) is 0 Å². The van der Waals surface area contributed by atoms with Crippen molar-refractivity contribution in [3.63, 3.8) is 0 Å². The zero-order valence-corrected chi connectivity index (χ0v) is 27.9. The highest BCUT2D eigenvalue weighted by Crippen LogP contribution is 2.29. The van der Waals surface area contributed by atoms with Crippen LogP contribution in [0.15, 0.2) is 102 Å². The molecule has 7 nitrogen and oxygen atoms in total. The summed E-state index contributed by atoms with van der Waals surface area (Å²) in [7, 11) is -4.17. The molecule has 0 unspecified atom stereocenters. The van der Waals surface area contributed by atoms with Gasteiger partial charge in [0.15, 0.2) is 0 Å². The summed E-state index contributed by atoms with van der Waals surface area (Å²) in [4.78, 5) is 29.9. The Balaban J connectivity index is 1.82. The third-order valence-electron chi connectivity index (χ3n) is 7.48. The van der Waals surface area contributed by atoms with Crippen LogP contribution in [-0.2, 0) is 32.6 Å². The third kappa shape index (κ3) is 8.74. The molecule has 0 heterocycles. The first-order valence-electron chi connectivity index (χ1n) is 14.9. The van der Waals surface area contributed by atoms with Gasteiger partial charge in [0.25, 0.3) is 10.0 Å². The second kappa shape index (κ2) is 14.8. The number of hydrogen-bond donors (Lipinski definition) is 1. The smallest absolute Gasteiger partial charge is 0.264 e. The molecule has 4 aromatic carbocycles. The van der Waals surface area contributed by atoms with Gasteiger partial charge in [0.2, 0.25) is 11.8 Å². The number of rotatable bonds is 12. The highest BCUT2D eigenvalue weighted by molar-refractivity contribution is 7.92. The number of nitrogens with zero attached hydrogens (tertiary/aromatic N) is 2. The highest BCUT2D eigenvalue weighted by atomic mass is 35.5. The van der Waals surface area contributed by atoms with Crippen LogP contribution < -0.4 is 9.62 Å². The van der Waals surface area contributed by atoms with Crippen LogP contribution in [0, 0.1) is 20.8 Å². The van der Waals surface area contributed by atoms with Crippen molar-refractivity contribution in [1.82, 2.24) is 10.2 Å². The van der Waals surface area contributed by atoms with E-state index < -0.39 is 28.5 Å². The molecule has 4 aromatic rings. The second-order valence-electron chi connectivity index (χ2n) is 11.6. The van der Waals surface area contributed by atoms with Crippen LogP contribution in [0.3, 0.4) is 0 Å². The number of sulfonamides is 1. The maximum atomic E-state index is 14.5. The van der Waals surface area contributed by atoms with E-state index in [9.17, 15) is 18.0 Å². The van der Waals surface area contributed by atoms with Gasteiger partial charge < -0.3 is 10.2 Å². The topological polar surface area (TPSA) is 86.8 Å². The first kappa shape index (κ1) is 33.7. The van der Waals surface area contributed by atoms with Gasteiger partial charge >= 0.3 is 0 Å². The van der Waals surface area contributed by atoms with Crippen molar-refractivity contribution in [3.8, 4) is 0 Å². The lowest BCUT2D eigenvalue weighted by Gasteiger charge is -2.34. The molecular formula is C36H40ClN3O4S. The third-order valence-corrected chi connectivity index (χ3v) is 9.50. The lowest BCUT2D eigenvalue weighted by Crippen LogP contribution is -2.54. The maximum absolute atomic E-state index is 14.5. The molecule has 1 N–H and O–H groups in total. The number of aryl methyl sites for hydroxylation is 3. The van der Waals surface area contributed by atoms with Crippen LogP contribution in [0.2, 0.25) is 5.02 Å². The largest absolute Gasteiger partial charge is 0.352 e. The minimum atomic E-state index is -4.17. The van der Waals surface area contributed by atoms with E-state index in [0.717, 1.165) is 26.6 Å². The molecule has 4 rings (SSSR count). The minimum Gasteiger partial charge on any atom is -0.352 e. The van der Waals surface area contributed by atoms with E-state index in [1.807, 2.05) is 77.1 Å². The van der Waals surface area contributed by atoms with Crippen LogP contribution >= 0.6 is 11.6 Å². The first-order valence-corrected chi connectivity index (χ1v) is 16.7. The molecule has 0 aliphatic rings. The van der Waals surface area contributed by atoms with Gasteiger partial charge in [0, 0.05) is 24.0 Å². The summed E-state index contributed by atoms with van der Waals surface area (Å²) in [5.41, 5.74) is 4.61. The quantitative estimate of drug-likeness (QED) is 0.188. The van der Waals surface area contributed by atoms with Gasteiger partial charge in [0.1, 0.15) is 12.6 Å². The van der Waals surface area contributed by atoms with Crippen molar-refractivity contribution in [2.75, 3.05) is 10.8 Å². The number of benzene rings is 4. The first-order chi connectivity index (χ1) is 21.3. The summed E-state index contributed by atoms with van der Waals surface area (Å²) in [5, 5.41) is 3.51. The van der Waals surface area contributed by atoms with E-state index in [0.29, 0.717) is 16.3 Å². The minimum absolute atomic E-state index is 0.0727. The number of hydrogen-bond acceptors (Lipinski definition) is 4. The van der Waals surface area contributed by atoms with Gasteiger partial charge in [-0.1, -0.05) is 89.5 Å². The monoisotopic (exact) mass is 645 g/mol. The SMILES string of the molecule is Cc1ccc(S(=O)(=O)N(CC(=O)N(Cc2ccc(Cl)cc2)[C@H](Cc2ccccc2)C(=O)NC(C)C)c2ccc(C)cc2C)cc1. The Morgan fingerprint density at radius 3 is 2.02 bits per heavy atom. The van der Waals surface area contributed by atoms with Crippen molar-refractivity contribution in [2.24, 2.45) is 0 Å². The number of amides is 2. The Bertz CT molecular complexity index is 1720. The van der Waals surface area contributed by atoms with Gasteiger partial charge in [-0.3, -0.25) is 13.9 Å². The molecule has 0 saturated carbocycles. The molecule has 0 radical (unpaired) electrons. The average Bonchev–Trinajstić information content (AvgIpc) is 2.99. The fourth-order valence-electron chi connectivity index (χ4n) is 5.16. The summed E-state index contributed by atoms with van der Waals surface area (Å²) in [6, 6.07) is 27.4. The summed E-state index contributed by atoms with van der Waals surface area (Å²) < 4.78 is 29.6. The summed E-state index contributed by atoms with van der Waals surface area (Å²) in [6.07, 6.45) is 0.243. The lowest BCUT2D eigenvalue weighted by molar-refractivity contribution is -0.140. The molecule has 0 aromatic heterocycles. The predicted molar refractivity (Wildman–Crippen MR) is 181 cm³/mol. The Morgan fingerprint density at radius 1 is 0.800 bits per heavy atom. The molecule has 0 saturated heterocycles. The molecule has 0 spiro atoms. The molecule has 9 heteroatoms. The Kier molecular flexibility index (Phi) is 11.1. The molecule has 0 aliphatic heterocycles. The molecule has 236 valence electrons. The summed E-state index contributed by atoms with van der Waals surface area (Å²) in [6.45, 7) is 8.92. The molecule has 0 fully saturated rings. The van der Waals surface area contributed by atoms with Crippen molar-refractivity contribution >= 4 is 39.1 Å². The van der Waals surface area contributed by atoms with Gasteiger partial charge in [-0.05, 0) is 81.6 Å². The Hall–Kier alpha value is -4.14. The second-order valence-corrected chi connectivity index (χ2v) is 13.9. The Labute approximate surface area is 271 Å². The number of halogens is 1.